The Balaban J connectivity index is 2.44. The van der Waals surface area contributed by atoms with Crippen LogP contribution in [-0.4, -0.2) is 11.6 Å². The van der Waals surface area contributed by atoms with Crippen LogP contribution in [0.4, 0.5) is 0 Å². The van der Waals surface area contributed by atoms with Gasteiger partial charge in [0.25, 0.3) is 0 Å². The van der Waals surface area contributed by atoms with Crippen molar-refractivity contribution in [3.63, 3.8) is 0 Å². The summed E-state index contributed by atoms with van der Waals surface area (Å²) in [4.78, 5) is 22.6. The Hall–Kier alpha value is -0.920. The van der Waals surface area contributed by atoms with E-state index in [1.165, 1.54) is 5.57 Å². The average molecular weight is 236 g/mol. The highest BCUT2D eigenvalue weighted by Gasteiger charge is 2.37. The van der Waals surface area contributed by atoms with Gasteiger partial charge >= 0.3 is 0 Å². The maximum atomic E-state index is 11.8. The van der Waals surface area contributed by atoms with Gasteiger partial charge in [0.05, 0.1) is 0 Å². The quantitative estimate of drug-likeness (QED) is 0.682. The third-order valence-electron chi connectivity index (χ3n) is 3.46. The second kappa shape index (κ2) is 5.61. The van der Waals surface area contributed by atoms with Crippen molar-refractivity contribution in [2.45, 2.75) is 59.8 Å². The van der Waals surface area contributed by atoms with Gasteiger partial charge < -0.3 is 4.79 Å². The van der Waals surface area contributed by atoms with E-state index in [2.05, 4.69) is 26.8 Å². The maximum Gasteiger partial charge on any atom is 0.136 e. The van der Waals surface area contributed by atoms with Crippen LogP contribution >= 0.6 is 0 Å². The van der Waals surface area contributed by atoms with Crippen molar-refractivity contribution in [1.29, 1.82) is 0 Å². The van der Waals surface area contributed by atoms with E-state index in [1.54, 1.807) is 6.92 Å². The van der Waals surface area contributed by atoms with Gasteiger partial charge in [0.2, 0.25) is 0 Å². The number of carbonyl (C=O) groups is 2. The lowest BCUT2D eigenvalue weighted by atomic mass is 9.89. The molecule has 2 heteroatoms. The van der Waals surface area contributed by atoms with E-state index in [0.717, 1.165) is 25.7 Å². The largest absolute Gasteiger partial charge is 0.300 e. The van der Waals surface area contributed by atoms with E-state index in [0.29, 0.717) is 12.2 Å². The van der Waals surface area contributed by atoms with E-state index >= 15 is 0 Å². The molecule has 0 radical (unpaired) electrons. The predicted octanol–water partition coefficient (Wildman–Crippen LogP) is 3.70. The molecule has 0 aromatic rings. The van der Waals surface area contributed by atoms with Gasteiger partial charge in [0.1, 0.15) is 11.6 Å². The van der Waals surface area contributed by atoms with Crippen LogP contribution in [0.25, 0.3) is 0 Å². The number of Topliss-reactive ketones (excluding diaryl/α,β-unsaturated/α-hetero) is 2. The molecule has 1 atom stereocenters. The van der Waals surface area contributed by atoms with E-state index < -0.39 is 0 Å². The van der Waals surface area contributed by atoms with Crippen molar-refractivity contribution in [3.8, 4) is 0 Å². The molecule has 2 nitrogen and oxygen atoms in total. The molecular weight excluding hydrogens is 212 g/mol. The number of hydrogen-bond acceptors (Lipinski definition) is 2. The second-order valence-corrected chi connectivity index (χ2v) is 6.20. The molecule has 96 valence electrons. The van der Waals surface area contributed by atoms with Crippen molar-refractivity contribution in [2.75, 3.05) is 0 Å². The van der Waals surface area contributed by atoms with E-state index in [-0.39, 0.29) is 17.1 Å². The van der Waals surface area contributed by atoms with Gasteiger partial charge in [-0.1, -0.05) is 25.5 Å². The van der Waals surface area contributed by atoms with Crippen LogP contribution in [0.3, 0.4) is 0 Å². The van der Waals surface area contributed by atoms with Crippen LogP contribution in [0.5, 0.6) is 0 Å². The first-order valence-electron chi connectivity index (χ1n) is 6.48. The summed E-state index contributed by atoms with van der Waals surface area (Å²) in [6, 6.07) is 0. The number of allylic oxidation sites excluding steroid dienone is 2. The molecule has 1 saturated carbocycles. The first-order chi connectivity index (χ1) is 7.80. The zero-order valence-electron chi connectivity index (χ0n) is 11.5. The number of ketones is 2. The highest BCUT2D eigenvalue weighted by Crippen LogP contribution is 2.40. The summed E-state index contributed by atoms with van der Waals surface area (Å²) in [6.07, 6.45) is 6.13. The highest BCUT2D eigenvalue weighted by molar-refractivity contribution is 5.84. The molecule has 0 heterocycles. The predicted molar refractivity (Wildman–Crippen MR) is 69.8 cm³/mol. The molecule has 0 spiro atoms. The summed E-state index contributed by atoms with van der Waals surface area (Å²) < 4.78 is 0. The Morgan fingerprint density at radius 1 is 1.41 bits per heavy atom. The Labute approximate surface area is 104 Å². The summed E-state index contributed by atoms with van der Waals surface area (Å²) >= 11 is 0. The summed E-state index contributed by atoms with van der Waals surface area (Å²) in [5.74, 6) is 0.847. The molecule has 17 heavy (non-hydrogen) atoms. The van der Waals surface area contributed by atoms with Crippen molar-refractivity contribution < 1.29 is 9.59 Å². The molecule has 0 aromatic heterocycles. The van der Waals surface area contributed by atoms with E-state index in [4.69, 9.17) is 0 Å². The average Bonchev–Trinajstić information content (AvgIpc) is 2.38. The molecule has 0 unspecified atom stereocenters. The molecular formula is C15H24O2. The minimum Gasteiger partial charge on any atom is -0.300 e. The molecule has 0 amide bonds. The van der Waals surface area contributed by atoms with E-state index in [1.807, 2.05) is 0 Å². The van der Waals surface area contributed by atoms with Crippen molar-refractivity contribution in [3.05, 3.63) is 11.6 Å². The number of rotatable bonds is 5. The SMILES string of the molecule is CC(=O)CCC=C(C)C[C@H]1CC(C)(C)CC1=O. The third kappa shape index (κ3) is 4.84. The first kappa shape index (κ1) is 14.1. The van der Waals surface area contributed by atoms with Crippen LogP contribution in [0.15, 0.2) is 11.6 Å². The number of hydrogen-bond donors (Lipinski definition) is 0. The molecule has 1 rings (SSSR count). The lowest BCUT2D eigenvalue weighted by Crippen LogP contribution is -2.06. The molecule has 0 N–H and O–H groups in total. The van der Waals surface area contributed by atoms with Crippen LogP contribution in [0.1, 0.15) is 59.8 Å². The van der Waals surface area contributed by atoms with Crippen LogP contribution in [0.2, 0.25) is 0 Å². The van der Waals surface area contributed by atoms with E-state index in [9.17, 15) is 9.59 Å². The third-order valence-corrected chi connectivity index (χ3v) is 3.46. The van der Waals surface area contributed by atoms with Crippen molar-refractivity contribution in [2.24, 2.45) is 11.3 Å². The molecule has 1 aliphatic rings. The summed E-state index contributed by atoms with van der Waals surface area (Å²) in [5.41, 5.74) is 1.43. The van der Waals surface area contributed by atoms with Gasteiger partial charge in [0.15, 0.2) is 0 Å². The summed E-state index contributed by atoms with van der Waals surface area (Å²) in [7, 11) is 0. The monoisotopic (exact) mass is 236 g/mol. The lowest BCUT2D eigenvalue weighted by Gasteiger charge is -2.15. The highest BCUT2D eigenvalue weighted by atomic mass is 16.1. The van der Waals surface area contributed by atoms with Crippen LogP contribution in [0, 0.1) is 11.3 Å². The number of carbonyl (C=O) groups excluding carboxylic acids is 2. The van der Waals surface area contributed by atoms with Crippen LogP contribution in [-0.2, 0) is 9.59 Å². The minimum absolute atomic E-state index is 0.182. The Kier molecular flexibility index (Phi) is 4.67. The van der Waals surface area contributed by atoms with Gasteiger partial charge in [0, 0.05) is 18.8 Å². The fraction of sp³-hybridized carbons (Fsp3) is 0.733. The summed E-state index contributed by atoms with van der Waals surface area (Å²) in [5, 5.41) is 0. The first-order valence-corrected chi connectivity index (χ1v) is 6.48. The maximum absolute atomic E-state index is 11.8. The van der Waals surface area contributed by atoms with Gasteiger partial charge in [-0.05, 0) is 38.5 Å². The van der Waals surface area contributed by atoms with Gasteiger partial charge in [-0.2, -0.15) is 0 Å². The van der Waals surface area contributed by atoms with Crippen molar-refractivity contribution in [1.82, 2.24) is 0 Å². The molecule has 0 aliphatic heterocycles. The molecule has 0 saturated heterocycles. The Morgan fingerprint density at radius 2 is 2.06 bits per heavy atom. The zero-order chi connectivity index (χ0) is 13.1. The van der Waals surface area contributed by atoms with Gasteiger partial charge in [-0.3, -0.25) is 4.79 Å². The Morgan fingerprint density at radius 3 is 2.53 bits per heavy atom. The molecule has 1 fully saturated rings. The fourth-order valence-corrected chi connectivity index (χ4v) is 2.65. The second-order valence-electron chi connectivity index (χ2n) is 6.20. The fourth-order valence-electron chi connectivity index (χ4n) is 2.65. The topological polar surface area (TPSA) is 34.1 Å². The lowest BCUT2D eigenvalue weighted by molar-refractivity contribution is -0.121. The molecule has 1 aliphatic carbocycles. The standard InChI is InChI=1S/C15H24O2/c1-11(6-5-7-12(2)16)8-13-9-15(3,4)10-14(13)17/h6,13H,5,7-10H2,1-4H3/t13-/m0/s1. The Bertz CT molecular complexity index is 337. The normalized spacial score (nSPS) is 24.1. The van der Waals surface area contributed by atoms with Gasteiger partial charge in [-0.25, -0.2) is 0 Å². The minimum atomic E-state index is 0.182. The molecule has 0 bridgehead atoms. The summed E-state index contributed by atoms with van der Waals surface area (Å²) in [6.45, 7) is 8.02. The zero-order valence-corrected chi connectivity index (χ0v) is 11.5. The smallest absolute Gasteiger partial charge is 0.136 e. The van der Waals surface area contributed by atoms with Crippen molar-refractivity contribution >= 4 is 11.6 Å². The van der Waals surface area contributed by atoms with Crippen LogP contribution < -0.4 is 0 Å². The molecule has 0 aromatic carbocycles. The van der Waals surface area contributed by atoms with Gasteiger partial charge in [-0.15, -0.1) is 0 Å².